The maximum absolute atomic E-state index is 11.4. The van der Waals surface area contributed by atoms with Crippen molar-refractivity contribution in [3.8, 4) is 0 Å². The van der Waals surface area contributed by atoms with Gasteiger partial charge in [0, 0.05) is 6.04 Å². The van der Waals surface area contributed by atoms with Crippen molar-refractivity contribution in [2.45, 2.75) is 31.2 Å². The molecule has 18 heavy (non-hydrogen) atoms. The fourth-order valence-corrected chi connectivity index (χ4v) is 2.10. The molecule has 0 fully saturated rings. The summed E-state index contributed by atoms with van der Waals surface area (Å²) in [7, 11) is -3.97. The number of nitrogens with two attached hydrogens (primary N) is 1. The van der Waals surface area contributed by atoms with Gasteiger partial charge in [0.05, 0.1) is 11.3 Å². The van der Waals surface area contributed by atoms with Crippen LogP contribution in [0.2, 0.25) is 0 Å². The molecule has 1 aromatic rings. The van der Waals surface area contributed by atoms with Crippen molar-refractivity contribution < 1.29 is 18.3 Å². The summed E-state index contributed by atoms with van der Waals surface area (Å²) < 4.78 is 22.9. The second-order valence-electron chi connectivity index (χ2n) is 4.01. The third kappa shape index (κ3) is 3.44. The quantitative estimate of drug-likeness (QED) is 0.747. The van der Waals surface area contributed by atoms with Crippen LogP contribution < -0.4 is 10.5 Å². The molecule has 0 heterocycles. The van der Waals surface area contributed by atoms with Crippen LogP contribution in [-0.2, 0) is 10.0 Å². The van der Waals surface area contributed by atoms with Gasteiger partial charge in [-0.15, -0.1) is 0 Å². The van der Waals surface area contributed by atoms with Crippen molar-refractivity contribution in [1.82, 2.24) is 0 Å². The van der Waals surface area contributed by atoms with E-state index in [0.717, 1.165) is 12.5 Å². The van der Waals surface area contributed by atoms with Gasteiger partial charge in [0.2, 0.25) is 10.0 Å². The van der Waals surface area contributed by atoms with Gasteiger partial charge in [0.25, 0.3) is 0 Å². The lowest BCUT2D eigenvalue weighted by molar-refractivity contribution is 0.0696. The van der Waals surface area contributed by atoms with Crippen LogP contribution in [0.5, 0.6) is 0 Å². The number of carbonyl (C=O) groups is 1. The fourth-order valence-electron chi connectivity index (χ4n) is 1.38. The average Bonchev–Trinajstić information content (AvgIpc) is 2.27. The van der Waals surface area contributed by atoms with Gasteiger partial charge < -0.3 is 10.4 Å². The van der Waals surface area contributed by atoms with Crippen molar-refractivity contribution in [3.05, 3.63) is 23.8 Å². The highest BCUT2D eigenvalue weighted by Crippen LogP contribution is 2.23. The van der Waals surface area contributed by atoms with Crippen LogP contribution in [0.1, 0.15) is 30.6 Å². The van der Waals surface area contributed by atoms with Crippen molar-refractivity contribution in [3.63, 3.8) is 0 Å². The van der Waals surface area contributed by atoms with Crippen molar-refractivity contribution in [2.24, 2.45) is 5.14 Å². The van der Waals surface area contributed by atoms with E-state index in [1.165, 1.54) is 12.1 Å². The van der Waals surface area contributed by atoms with Gasteiger partial charge in [-0.1, -0.05) is 6.92 Å². The Morgan fingerprint density at radius 3 is 2.56 bits per heavy atom. The van der Waals surface area contributed by atoms with E-state index in [2.05, 4.69) is 5.32 Å². The van der Waals surface area contributed by atoms with E-state index in [0.29, 0.717) is 5.69 Å². The van der Waals surface area contributed by atoms with E-state index in [4.69, 9.17) is 10.2 Å². The van der Waals surface area contributed by atoms with Crippen LogP contribution in [0.25, 0.3) is 0 Å². The molecular formula is C11H16N2O4S. The Balaban J connectivity index is 3.30. The topological polar surface area (TPSA) is 109 Å². The molecule has 0 bridgehead atoms. The van der Waals surface area contributed by atoms with Gasteiger partial charge in [-0.3, -0.25) is 0 Å². The van der Waals surface area contributed by atoms with Gasteiger partial charge in [-0.25, -0.2) is 18.4 Å². The van der Waals surface area contributed by atoms with Crippen LogP contribution in [0.15, 0.2) is 23.1 Å². The summed E-state index contributed by atoms with van der Waals surface area (Å²) >= 11 is 0. The van der Waals surface area contributed by atoms with Crippen LogP contribution in [0.4, 0.5) is 5.69 Å². The molecule has 4 N–H and O–H groups in total. The number of rotatable bonds is 5. The molecular weight excluding hydrogens is 256 g/mol. The molecule has 0 amide bonds. The first-order valence-corrected chi connectivity index (χ1v) is 6.97. The lowest BCUT2D eigenvalue weighted by Crippen LogP contribution is -2.20. The molecule has 0 radical (unpaired) electrons. The Morgan fingerprint density at radius 1 is 1.50 bits per heavy atom. The monoisotopic (exact) mass is 272 g/mol. The molecule has 0 unspecified atom stereocenters. The van der Waals surface area contributed by atoms with E-state index in [-0.39, 0.29) is 16.5 Å². The number of primary sulfonamides is 1. The molecule has 0 aliphatic rings. The lowest BCUT2D eigenvalue weighted by atomic mass is 10.2. The van der Waals surface area contributed by atoms with E-state index < -0.39 is 16.0 Å². The number of nitrogens with one attached hydrogen (secondary N) is 1. The number of anilines is 1. The molecule has 0 spiro atoms. The number of carboxylic acids is 1. The number of hydrogen-bond acceptors (Lipinski definition) is 4. The molecule has 1 aromatic carbocycles. The largest absolute Gasteiger partial charge is 0.478 e. The van der Waals surface area contributed by atoms with Crippen LogP contribution in [-0.4, -0.2) is 25.5 Å². The Morgan fingerprint density at radius 2 is 2.11 bits per heavy atom. The summed E-state index contributed by atoms with van der Waals surface area (Å²) in [5.74, 6) is -1.20. The van der Waals surface area contributed by atoms with Crippen LogP contribution in [0.3, 0.4) is 0 Å². The third-order valence-corrected chi connectivity index (χ3v) is 3.50. The Hall–Kier alpha value is -1.60. The predicted molar refractivity (Wildman–Crippen MR) is 68.2 cm³/mol. The molecule has 0 saturated carbocycles. The molecule has 100 valence electrons. The predicted octanol–water partition coefficient (Wildman–Crippen LogP) is 1.24. The Kier molecular flexibility index (Phi) is 4.31. The lowest BCUT2D eigenvalue weighted by Gasteiger charge is -2.16. The summed E-state index contributed by atoms with van der Waals surface area (Å²) in [4.78, 5) is 10.6. The van der Waals surface area contributed by atoms with E-state index in [1.54, 1.807) is 0 Å². The van der Waals surface area contributed by atoms with Crippen LogP contribution >= 0.6 is 0 Å². The number of hydrogen-bond donors (Lipinski definition) is 3. The smallest absolute Gasteiger partial charge is 0.335 e. The van der Waals surface area contributed by atoms with E-state index in [9.17, 15) is 13.2 Å². The van der Waals surface area contributed by atoms with Crippen molar-refractivity contribution in [2.75, 3.05) is 5.32 Å². The third-order valence-electron chi connectivity index (χ3n) is 2.55. The summed E-state index contributed by atoms with van der Waals surface area (Å²) in [5, 5.41) is 16.9. The second kappa shape index (κ2) is 5.36. The number of benzene rings is 1. The van der Waals surface area contributed by atoms with E-state index in [1.807, 2.05) is 13.8 Å². The normalized spacial score (nSPS) is 13.1. The first kappa shape index (κ1) is 14.5. The fraction of sp³-hybridized carbons (Fsp3) is 0.364. The minimum absolute atomic E-state index is 0.0566. The molecule has 0 saturated heterocycles. The standard InChI is InChI=1S/C11H16N2O4S/c1-3-7(2)13-9-5-4-8(11(14)15)6-10(9)18(12,16)17/h4-7,13H,3H2,1-2H3,(H,14,15)(H2,12,16,17)/t7-/m0/s1. The Labute approximate surface area is 106 Å². The summed E-state index contributed by atoms with van der Waals surface area (Å²) in [5.41, 5.74) is 0.200. The number of sulfonamides is 1. The van der Waals surface area contributed by atoms with E-state index >= 15 is 0 Å². The number of carboxylic acid groups (broad SMARTS) is 1. The highest BCUT2D eigenvalue weighted by Gasteiger charge is 2.17. The minimum atomic E-state index is -3.97. The highest BCUT2D eigenvalue weighted by atomic mass is 32.2. The maximum Gasteiger partial charge on any atom is 0.335 e. The zero-order valence-electron chi connectivity index (χ0n) is 10.2. The zero-order chi connectivity index (χ0) is 13.9. The van der Waals surface area contributed by atoms with Crippen molar-refractivity contribution in [1.29, 1.82) is 0 Å². The minimum Gasteiger partial charge on any atom is -0.478 e. The average molecular weight is 272 g/mol. The van der Waals surface area contributed by atoms with Gasteiger partial charge in [-0.2, -0.15) is 0 Å². The number of aromatic carboxylic acids is 1. The molecule has 7 heteroatoms. The highest BCUT2D eigenvalue weighted by molar-refractivity contribution is 7.89. The SMILES string of the molecule is CC[C@H](C)Nc1ccc(C(=O)O)cc1S(N)(=O)=O. The summed E-state index contributed by atoms with van der Waals surface area (Å²) in [6, 6.07) is 3.86. The molecule has 6 nitrogen and oxygen atoms in total. The molecule has 1 rings (SSSR count). The van der Waals surface area contributed by atoms with Gasteiger partial charge in [-0.05, 0) is 31.5 Å². The first-order valence-electron chi connectivity index (χ1n) is 5.42. The second-order valence-corrected chi connectivity index (χ2v) is 5.54. The zero-order valence-corrected chi connectivity index (χ0v) is 11.0. The van der Waals surface area contributed by atoms with Crippen LogP contribution in [0, 0.1) is 0 Å². The van der Waals surface area contributed by atoms with Gasteiger partial charge in [0.1, 0.15) is 4.90 Å². The Bertz CT molecular complexity index is 554. The summed E-state index contributed by atoms with van der Waals surface area (Å²) in [6.07, 6.45) is 0.796. The first-order chi connectivity index (χ1) is 8.25. The molecule has 1 atom stereocenters. The summed E-state index contributed by atoms with van der Waals surface area (Å²) in [6.45, 7) is 3.83. The van der Waals surface area contributed by atoms with Gasteiger partial charge in [0.15, 0.2) is 0 Å². The van der Waals surface area contributed by atoms with Gasteiger partial charge >= 0.3 is 5.97 Å². The molecule has 0 aromatic heterocycles. The van der Waals surface area contributed by atoms with Crippen molar-refractivity contribution >= 4 is 21.7 Å². The molecule has 0 aliphatic carbocycles. The maximum atomic E-state index is 11.4. The molecule has 0 aliphatic heterocycles.